The number of anilines is 1. The van der Waals surface area contributed by atoms with Gasteiger partial charge in [0.2, 0.25) is 11.8 Å². The molecule has 0 bridgehead atoms. The molecular weight excluding hydrogens is 310 g/mol. The van der Waals surface area contributed by atoms with Crippen LogP contribution in [0.4, 0.5) is 10.5 Å². The number of ether oxygens (including phenoxy) is 1. The third-order valence-corrected chi connectivity index (χ3v) is 4.38. The highest BCUT2D eigenvalue weighted by atomic mass is 16.6. The maximum Gasteiger partial charge on any atom is 0.414 e. The minimum absolute atomic E-state index is 0.0826. The molecule has 2 aliphatic rings. The summed E-state index contributed by atoms with van der Waals surface area (Å²) in [5.41, 5.74) is 1.87. The van der Waals surface area contributed by atoms with Gasteiger partial charge in [-0.25, -0.2) is 4.79 Å². The van der Waals surface area contributed by atoms with E-state index in [9.17, 15) is 14.4 Å². The SMILES string of the molecule is CC(=O)NC[C@H]1CN(c2ccc(C3CCNC(=O)C3)cc2)C(=O)O1. The van der Waals surface area contributed by atoms with E-state index in [1.165, 1.54) is 6.92 Å². The molecule has 2 atom stereocenters. The fourth-order valence-corrected chi connectivity index (χ4v) is 3.09. The summed E-state index contributed by atoms with van der Waals surface area (Å²) < 4.78 is 5.26. The van der Waals surface area contributed by atoms with E-state index in [1.54, 1.807) is 4.90 Å². The monoisotopic (exact) mass is 331 g/mol. The second-order valence-corrected chi connectivity index (χ2v) is 6.18. The van der Waals surface area contributed by atoms with E-state index in [2.05, 4.69) is 10.6 Å². The lowest BCUT2D eigenvalue weighted by atomic mass is 9.90. The van der Waals surface area contributed by atoms with E-state index in [0.29, 0.717) is 26.1 Å². The van der Waals surface area contributed by atoms with E-state index in [0.717, 1.165) is 17.7 Å². The van der Waals surface area contributed by atoms with E-state index in [-0.39, 0.29) is 23.8 Å². The first kappa shape index (κ1) is 16.3. The zero-order valence-electron chi connectivity index (χ0n) is 13.6. The van der Waals surface area contributed by atoms with Gasteiger partial charge in [0.05, 0.1) is 13.1 Å². The summed E-state index contributed by atoms with van der Waals surface area (Å²) in [6.07, 6.45) is 0.678. The van der Waals surface area contributed by atoms with Gasteiger partial charge in [-0.05, 0) is 30.0 Å². The van der Waals surface area contributed by atoms with Gasteiger partial charge in [0.15, 0.2) is 0 Å². The number of rotatable bonds is 4. The van der Waals surface area contributed by atoms with Crippen LogP contribution in [0.15, 0.2) is 24.3 Å². The predicted octanol–water partition coefficient (Wildman–Crippen LogP) is 1.14. The molecule has 0 aliphatic carbocycles. The first-order valence-electron chi connectivity index (χ1n) is 8.12. The lowest BCUT2D eigenvalue weighted by molar-refractivity contribution is -0.122. The summed E-state index contributed by atoms with van der Waals surface area (Å²) in [5.74, 6) is 0.162. The molecule has 3 amide bonds. The Morgan fingerprint density at radius 3 is 2.75 bits per heavy atom. The number of carbonyl (C=O) groups excluding carboxylic acids is 3. The van der Waals surface area contributed by atoms with Crippen molar-refractivity contribution < 1.29 is 19.1 Å². The van der Waals surface area contributed by atoms with Crippen LogP contribution in [0.3, 0.4) is 0 Å². The van der Waals surface area contributed by atoms with Gasteiger partial charge in [-0.3, -0.25) is 14.5 Å². The van der Waals surface area contributed by atoms with Crippen molar-refractivity contribution in [1.29, 1.82) is 0 Å². The highest BCUT2D eigenvalue weighted by Gasteiger charge is 2.32. The minimum Gasteiger partial charge on any atom is -0.442 e. The Balaban J connectivity index is 1.64. The number of nitrogens with zero attached hydrogens (tertiary/aromatic N) is 1. The van der Waals surface area contributed by atoms with Crippen LogP contribution in [-0.2, 0) is 14.3 Å². The third-order valence-electron chi connectivity index (χ3n) is 4.38. The molecule has 7 nitrogen and oxygen atoms in total. The fourth-order valence-electron chi connectivity index (χ4n) is 3.09. The highest BCUT2D eigenvalue weighted by molar-refractivity contribution is 5.89. The van der Waals surface area contributed by atoms with Crippen LogP contribution in [0, 0.1) is 0 Å². The number of hydrogen-bond acceptors (Lipinski definition) is 4. The van der Waals surface area contributed by atoms with E-state index >= 15 is 0 Å². The van der Waals surface area contributed by atoms with Gasteiger partial charge in [-0.1, -0.05) is 12.1 Å². The average Bonchev–Trinajstić information content (AvgIpc) is 2.94. The molecule has 2 heterocycles. The molecule has 3 rings (SSSR count). The van der Waals surface area contributed by atoms with Crippen molar-refractivity contribution in [3.8, 4) is 0 Å². The second kappa shape index (κ2) is 6.90. The van der Waals surface area contributed by atoms with E-state index in [1.807, 2.05) is 24.3 Å². The van der Waals surface area contributed by atoms with Gasteiger partial charge < -0.3 is 15.4 Å². The standard InChI is InChI=1S/C17H21N3O4/c1-11(21)19-9-15-10-20(17(23)24-15)14-4-2-12(3-5-14)13-6-7-18-16(22)8-13/h2-5,13,15H,6-10H2,1H3,(H,18,22)(H,19,21)/t13?,15-/m0/s1. The van der Waals surface area contributed by atoms with Crippen LogP contribution < -0.4 is 15.5 Å². The number of benzene rings is 1. The Morgan fingerprint density at radius 2 is 2.08 bits per heavy atom. The largest absolute Gasteiger partial charge is 0.442 e. The Labute approximate surface area is 140 Å². The highest BCUT2D eigenvalue weighted by Crippen LogP contribution is 2.28. The van der Waals surface area contributed by atoms with Gasteiger partial charge in [0.1, 0.15) is 6.10 Å². The zero-order chi connectivity index (χ0) is 17.1. The van der Waals surface area contributed by atoms with E-state index < -0.39 is 6.09 Å². The van der Waals surface area contributed by atoms with E-state index in [4.69, 9.17) is 4.74 Å². The van der Waals surface area contributed by atoms with Gasteiger partial charge >= 0.3 is 6.09 Å². The summed E-state index contributed by atoms with van der Waals surface area (Å²) in [7, 11) is 0. The molecule has 0 radical (unpaired) electrons. The van der Waals surface area contributed by atoms with Crippen LogP contribution in [-0.4, -0.2) is 43.6 Å². The van der Waals surface area contributed by atoms with Crippen LogP contribution >= 0.6 is 0 Å². The third kappa shape index (κ3) is 3.67. The van der Waals surface area contributed by atoms with Gasteiger partial charge in [0, 0.05) is 25.6 Å². The second-order valence-electron chi connectivity index (χ2n) is 6.18. The quantitative estimate of drug-likeness (QED) is 0.866. The van der Waals surface area contributed by atoms with Crippen molar-refractivity contribution in [3.05, 3.63) is 29.8 Å². The Hall–Kier alpha value is -2.57. The Morgan fingerprint density at radius 1 is 1.33 bits per heavy atom. The lowest BCUT2D eigenvalue weighted by Gasteiger charge is -2.23. The Bertz CT molecular complexity index is 644. The topological polar surface area (TPSA) is 87.7 Å². The zero-order valence-corrected chi connectivity index (χ0v) is 13.6. The summed E-state index contributed by atoms with van der Waals surface area (Å²) in [6.45, 7) is 2.85. The molecule has 2 aliphatic heterocycles. The van der Waals surface area contributed by atoms with Crippen LogP contribution in [0.5, 0.6) is 0 Å². The van der Waals surface area contributed by atoms with Crippen molar-refractivity contribution in [2.24, 2.45) is 0 Å². The van der Waals surface area contributed by atoms with Crippen LogP contribution in [0.2, 0.25) is 0 Å². The fraction of sp³-hybridized carbons (Fsp3) is 0.471. The van der Waals surface area contributed by atoms with Gasteiger partial charge in [-0.15, -0.1) is 0 Å². The van der Waals surface area contributed by atoms with Crippen molar-refractivity contribution in [3.63, 3.8) is 0 Å². The number of piperidine rings is 1. The minimum atomic E-state index is -0.407. The van der Waals surface area contributed by atoms with Crippen molar-refractivity contribution in [2.75, 3.05) is 24.5 Å². The molecule has 7 heteroatoms. The molecule has 0 saturated carbocycles. The smallest absolute Gasteiger partial charge is 0.414 e. The molecule has 24 heavy (non-hydrogen) atoms. The van der Waals surface area contributed by atoms with Crippen molar-refractivity contribution >= 4 is 23.6 Å². The van der Waals surface area contributed by atoms with Crippen molar-refractivity contribution in [2.45, 2.75) is 31.8 Å². The van der Waals surface area contributed by atoms with Crippen LogP contribution in [0.25, 0.3) is 0 Å². The number of cyclic esters (lactones) is 1. The number of carbonyl (C=O) groups is 3. The first-order valence-corrected chi connectivity index (χ1v) is 8.12. The molecule has 2 fully saturated rings. The molecular formula is C17H21N3O4. The predicted molar refractivity (Wildman–Crippen MR) is 87.7 cm³/mol. The normalized spacial score (nSPS) is 23.6. The number of hydrogen-bond donors (Lipinski definition) is 2. The molecule has 2 saturated heterocycles. The molecule has 0 aromatic heterocycles. The summed E-state index contributed by atoms with van der Waals surface area (Å²) >= 11 is 0. The molecule has 2 N–H and O–H groups in total. The van der Waals surface area contributed by atoms with Crippen LogP contribution in [0.1, 0.15) is 31.2 Å². The average molecular weight is 331 g/mol. The molecule has 1 aromatic rings. The summed E-state index contributed by atoms with van der Waals surface area (Å²) in [5, 5.41) is 5.49. The summed E-state index contributed by atoms with van der Waals surface area (Å²) in [4.78, 5) is 36.0. The molecule has 128 valence electrons. The number of amides is 3. The van der Waals surface area contributed by atoms with Gasteiger partial charge in [0.25, 0.3) is 0 Å². The maximum atomic E-state index is 12.0. The maximum absolute atomic E-state index is 12.0. The Kier molecular flexibility index (Phi) is 4.69. The lowest BCUT2D eigenvalue weighted by Crippen LogP contribution is -2.33. The molecule has 1 unspecified atom stereocenters. The first-order chi connectivity index (χ1) is 11.5. The molecule has 1 aromatic carbocycles. The van der Waals surface area contributed by atoms with Gasteiger partial charge in [-0.2, -0.15) is 0 Å². The number of nitrogens with one attached hydrogen (secondary N) is 2. The molecule has 0 spiro atoms. The summed E-state index contributed by atoms with van der Waals surface area (Å²) in [6, 6.07) is 7.69. The van der Waals surface area contributed by atoms with Crippen molar-refractivity contribution in [1.82, 2.24) is 10.6 Å².